The fourth-order valence-corrected chi connectivity index (χ4v) is 2.77. The first kappa shape index (κ1) is 10.3. The average Bonchev–Trinajstić information content (AvgIpc) is 2.60. The molecule has 0 aliphatic carbocycles. The van der Waals surface area contributed by atoms with Gasteiger partial charge in [-0.1, -0.05) is 6.42 Å². The molecule has 1 fully saturated rings. The van der Waals surface area contributed by atoms with E-state index in [0.717, 1.165) is 39.0 Å². The van der Waals surface area contributed by atoms with Crippen LogP contribution in [0.3, 0.4) is 0 Å². The lowest BCUT2D eigenvalue weighted by Gasteiger charge is -2.22. The van der Waals surface area contributed by atoms with E-state index < -0.39 is 0 Å². The fraction of sp³-hybridized carbons (Fsp3) is 0.833. The van der Waals surface area contributed by atoms with Crippen LogP contribution in [0.2, 0.25) is 0 Å². The second-order valence-corrected chi connectivity index (χ2v) is 4.82. The molecule has 2 aliphatic heterocycles. The monoisotopic (exact) mass is 221 g/mol. The van der Waals surface area contributed by atoms with Crippen LogP contribution in [-0.4, -0.2) is 28.0 Å². The van der Waals surface area contributed by atoms with Gasteiger partial charge in [0, 0.05) is 32.1 Å². The van der Waals surface area contributed by atoms with Crippen molar-refractivity contribution in [1.29, 1.82) is 0 Å². The number of rotatable bonds is 1. The Morgan fingerprint density at radius 3 is 2.81 bits per heavy atom. The van der Waals surface area contributed by atoms with Crippen molar-refractivity contribution in [3.63, 3.8) is 0 Å². The van der Waals surface area contributed by atoms with Crippen LogP contribution >= 0.6 is 0 Å². The van der Waals surface area contributed by atoms with Gasteiger partial charge in [-0.2, -0.15) is 0 Å². The predicted molar refractivity (Wildman–Crippen MR) is 60.4 cm³/mol. The Morgan fingerprint density at radius 2 is 1.94 bits per heavy atom. The van der Waals surface area contributed by atoms with Crippen molar-refractivity contribution in [1.82, 2.24) is 14.8 Å². The Kier molecular flexibility index (Phi) is 2.91. The molecule has 0 amide bonds. The molecule has 0 saturated carbocycles. The summed E-state index contributed by atoms with van der Waals surface area (Å²) in [4.78, 5) is 0. The third-order valence-corrected chi connectivity index (χ3v) is 3.72. The highest BCUT2D eigenvalue weighted by molar-refractivity contribution is 5.04. The number of ether oxygens (including phenoxy) is 1. The molecule has 0 unspecified atom stereocenters. The van der Waals surface area contributed by atoms with Crippen molar-refractivity contribution >= 4 is 0 Å². The van der Waals surface area contributed by atoms with Gasteiger partial charge in [0.05, 0.1) is 0 Å². The number of aromatic nitrogens is 3. The van der Waals surface area contributed by atoms with Crippen LogP contribution in [-0.2, 0) is 17.7 Å². The van der Waals surface area contributed by atoms with Crippen molar-refractivity contribution < 1.29 is 4.74 Å². The van der Waals surface area contributed by atoms with Crippen LogP contribution in [0.5, 0.6) is 0 Å². The maximum absolute atomic E-state index is 5.41. The zero-order chi connectivity index (χ0) is 10.8. The first-order valence-corrected chi connectivity index (χ1v) is 6.45. The van der Waals surface area contributed by atoms with E-state index in [-0.39, 0.29) is 0 Å². The lowest BCUT2D eigenvalue weighted by molar-refractivity contribution is 0.0827. The lowest BCUT2D eigenvalue weighted by atomic mass is 9.99. The number of fused-ring (bicyclic) bond motifs is 1. The third kappa shape index (κ3) is 1.86. The summed E-state index contributed by atoms with van der Waals surface area (Å²) < 4.78 is 7.79. The Labute approximate surface area is 96.0 Å². The molecule has 4 nitrogen and oxygen atoms in total. The van der Waals surface area contributed by atoms with Crippen LogP contribution in [0.4, 0.5) is 0 Å². The van der Waals surface area contributed by atoms with Gasteiger partial charge in [0.25, 0.3) is 0 Å². The topological polar surface area (TPSA) is 39.9 Å². The number of aryl methyl sites for hydroxylation is 1. The largest absolute Gasteiger partial charge is 0.381 e. The summed E-state index contributed by atoms with van der Waals surface area (Å²) >= 11 is 0. The Bertz CT molecular complexity index is 355. The van der Waals surface area contributed by atoms with Crippen molar-refractivity contribution in [2.45, 2.75) is 51.0 Å². The van der Waals surface area contributed by atoms with Crippen LogP contribution in [0.15, 0.2) is 0 Å². The molecule has 16 heavy (non-hydrogen) atoms. The minimum absolute atomic E-state index is 0.577. The van der Waals surface area contributed by atoms with Gasteiger partial charge in [0.2, 0.25) is 0 Å². The average molecular weight is 221 g/mol. The smallest absolute Gasteiger partial charge is 0.136 e. The molecule has 0 bridgehead atoms. The van der Waals surface area contributed by atoms with E-state index in [1.54, 1.807) is 0 Å². The van der Waals surface area contributed by atoms with Gasteiger partial charge in [-0.3, -0.25) is 0 Å². The van der Waals surface area contributed by atoms with E-state index in [4.69, 9.17) is 4.74 Å². The van der Waals surface area contributed by atoms with E-state index in [0.29, 0.717) is 5.92 Å². The quantitative estimate of drug-likeness (QED) is 0.727. The van der Waals surface area contributed by atoms with E-state index in [1.807, 2.05) is 0 Å². The molecule has 4 heteroatoms. The SMILES string of the molecule is C1CCc2nnc(C3CCOCC3)n2CC1. The summed E-state index contributed by atoms with van der Waals surface area (Å²) in [7, 11) is 0. The minimum atomic E-state index is 0.577. The molecule has 3 rings (SSSR count). The van der Waals surface area contributed by atoms with Gasteiger partial charge in [-0.25, -0.2) is 0 Å². The Morgan fingerprint density at radius 1 is 1.06 bits per heavy atom. The molecule has 0 radical (unpaired) electrons. The first-order chi connectivity index (χ1) is 7.95. The molecule has 0 N–H and O–H groups in total. The molecule has 1 aromatic rings. The molecular formula is C12H19N3O. The molecule has 0 atom stereocenters. The summed E-state index contributed by atoms with van der Waals surface area (Å²) in [6.07, 6.45) is 7.20. The van der Waals surface area contributed by atoms with Gasteiger partial charge < -0.3 is 9.30 Å². The third-order valence-electron chi connectivity index (χ3n) is 3.72. The lowest BCUT2D eigenvalue weighted by Crippen LogP contribution is -2.18. The van der Waals surface area contributed by atoms with E-state index in [2.05, 4.69) is 14.8 Å². The van der Waals surface area contributed by atoms with Crippen molar-refractivity contribution in [3.05, 3.63) is 11.6 Å². The molecule has 0 spiro atoms. The van der Waals surface area contributed by atoms with Crippen LogP contribution in [0, 0.1) is 0 Å². The molecule has 1 aromatic heterocycles. The first-order valence-electron chi connectivity index (χ1n) is 6.45. The van der Waals surface area contributed by atoms with Crippen molar-refractivity contribution in [2.75, 3.05) is 13.2 Å². The number of hydrogen-bond acceptors (Lipinski definition) is 3. The second kappa shape index (κ2) is 4.53. The maximum Gasteiger partial charge on any atom is 0.136 e. The summed E-state index contributed by atoms with van der Waals surface area (Å²) in [5.74, 6) is 3.01. The normalized spacial score (nSPS) is 22.8. The summed E-state index contributed by atoms with van der Waals surface area (Å²) in [5.41, 5.74) is 0. The zero-order valence-electron chi connectivity index (χ0n) is 9.69. The van der Waals surface area contributed by atoms with Gasteiger partial charge in [0.1, 0.15) is 11.6 Å². The van der Waals surface area contributed by atoms with E-state index in [9.17, 15) is 0 Å². The fourth-order valence-electron chi connectivity index (χ4n) is 2.77. The molecule has 88 valence electrons. The van der Waals surface area contributed by atoms with E-state index in [1.165, 1.54) is 30.9 Å². The van der Waals surface area contributed by atoms with Crippen LogP contribution in [0.1, 0.15) is 49.7 Å². The summed E-state index contributed by atoms with van der Waals surface area (Å²) in [5, 5.41) is 8.78. The van der Waals surface area contributed by atoms with E-state index >= 15 is 0 Å². The Hall–Kier alpha value is -0.900. The van der Waals surface area contributed by atoms with Gasteiger partial charge in [-0.05, 0) is 25.7 Å². The van der Waals surface area contributed by atoms with Gasteiger partial charge in [0.15, 0.2) is 0 Å². The molecule has 0 aromatic carbocycles. The van der Waals surface area contributed by atoms with Crippen molar-refractivity contribution in [2.24, 2.45) is 0 Å². The van der Waals surface area contributed by atoms with Gasteiger partial charge >= 0.3 is 0 Å². The predicted octanol–water partition coefficient (Wildman–Crippen LogP) is 1.90. The highest BCUT2D eigenvalue weighted by Gasteiger charge is 2.23. The number of nitrogens with zero attached hydrogens (tertiary/aromatic N) is 3. The van der Waals surface area contributed by atoms with Crippen LogP contribution < -0.4 is 0 Å². The number of hydrogen-bond donors (Lipinski definition) is 0. The molecule has 2 aliphatic rings. The van der Waals surface area contributed by atoms with Crippen LogP contribution in [0.25, 0.3) is 0 Å². The van der Waals surface area contributed by atoms with Gasteiger partial charge in [-0.15, -0.1) is 10.2 Å². The molecule has 1 saturated heterocycles. The summed E-state index contributed by atoms with van der Waals surface area (Å²) in [6.45, 7) is 2.88. The Balaban J connectivity index is 1.86. The second-order valence-electron chi connectivity index (χ2n) is 4.82. The minimum Gasteiger partial charge on any atom is -0.381 e. The maximum atomic E-state index is 5.41. The standard InChI is InChI=1S/C12H19N3O/c1-2-4-11-13-14-12(15(11)7-3-1)10-5-8-16-9-6-10/h10H,1-9H2. The molecular weight excluding hydrogens is 202 g/mol. The van der Waals surface area contributed by atoms with Crippen molar-refractivity contribution in [3.8, 4) is 0 Å². The molecule has 3 heterocycles. The summed E-state index contributed by atoms with van der Waals surface area (Å²) in [6, 6.07) is 0. The highest BCUT2D eigenvalue weighted by atomic mass is 16.5. The zero-order valence-corrected chi connectivity index (χ0v) is 9.69. The highest BCUT2D eigenvalue weighted by Crippen LogP contribution is 2.27.